The standard InChI is InChI=1S/C23H23F6IO2/c1-14(17-11-18(22(24,25)26)13-19(12-17)23(27,28)29)32-21-20(15-5-3-2-4-6-15)16(7-9-30)8-10-31-21/h2-6,11-14,16,20-21H,7-10H2,1H3/t14?,16-,20+,21+/m0/s1. The molecule has 0 amide bonds. The first-order valence-corrected chi connectivity index (χ1v) is 11.7. The summed E-state index contributed by atoms with van der Waals surface area (Å²) in [7, 11) is 0. The lowest BCUT2D eigenvalue weighted by Crippen LogP contribution is -2.37. The molecule has 0 aliphatic carbocycles. The van der Waals surface area contributed by atoms with E-state index in [4.69, 9.17) is 9.47 Å². The van der Waals surface area contributed by atoms with Crippen LogP contribution >= 0.6 is 22.6 Å². The molecule has 1 heterocycles. The van der Waals surface area contributed by atoms with Crippen LogP contribution in [0.2, 0.25) is 0 Å². The summed E-state index contributed by atoms with van der Waals surface area (Å²) >= 11 is 2.29. The van der Waals surface area contributed by atoms with Gasteiger partial charge in [0.15, 0.2) is 6.29 Å². The quantitative estimate of drug-likeness (QED) is 0.200. The first-order valence-electron chi connectivity index (χ1n) is 10.2. The van der Waals surface area contributed by atoms with E-state index >= 15 is 0 Å². The van der Waals surface area contributed by atoms with Crippen molar-refractivity contribution in [3.05, 3.63) is 70.8 Å². The fourth-order valence-corrected chi connectivity index (χ4v) is 4.83. The fourth-order valence-electron chi connectivity index (χ4n) is 4.03. The Bertz CT molecular complexity index is 850. The third-order valence-corrected chi connectivity index (χ3v) is 6.28. The fraction of sp³-hybridized carbons (Fsp3) is 0.478. The van der Waals surface area contributed by atoms with Gasteiger partial charge in [-0.2, -0.15) is 26.3 Å². The molecule has 4 atom stereocenters. The van der Waals surface area contributed by atoms with Crippen molar-refractivity contribution in [2.24, 2.45) is 5.92 Å². The predicted molar refractivity (Wildman–Crippen MR) is 116 cm³/mol. The molecule has 1 aliphatic heterocycles. The molecule has 32 heavy (non-hydrogen) atoms. The molecule has 1 aliphatic rings. The van der Waals surface area contributed by atoms with Crippen molar-refractivity contribution in [1.29, 1.82) is 0 Å². The van der Waals surface area contributed by atoms with Crippen LogP contribution in [-0.2, 0) is 21.8 Å². The minimum absolute atomic E-state index is 0.122. The highest BCUT2D eigenvalue weighted by Gasteiger charge is 2.39. The molecular weight excluding hydrogens is 549 g/mol. The average molecular weight is 572 g/mol. The van der Waals surface area contributed by atoms with E-state index in [0.717, 1.165) is 22.8 Å². The van der Waals surface area contributed by atoms with E-state index in [9.17, 15) is 26.3 Å². The Morgan fingerprint density at radius 3 is 2.12 bits per heavy atom. The van der Waals surface area contributed by atoms with E-state index in [1.54, 1.807) is 0 Å². The minimum atomic E-state index is -4.91. The van der Waals surface area contributed by atoms with Crippen LogP contribution in [0.3, 0.4) is 0 Å². The van der Waals surface area contributed by atoms with Gasteiger partial charge in [-0.05, 0) is 59.4 Å². The summed E-state index contributed by atoms with van der Waals surface area (Å²) < 4.78 is 92.2. The van der Waals surface area contributed by atoms with Crippen LogP contribution in [0.25, 0.3) is 0 Å². The van der Waals surface area contributed by atoms with Gasteiger partial charge in [-0.25, -0.2) is 0 Å². The molecule has 1 fully saturated rings. The monoisotopic (exact) mass is 572 g/mol. The predicted octanol–water partition coefficient (Wildman–Crippen LogP) is 7.77. The molecule has 3 rings (SSSR count). The van der Waals surface area contributed by atoms with Gasteiger partial charge in [-0.15, -0.1) is 0 Å². The second-order valence-corrected chi connectivity index (χ2v) is 8.90. The number of alkyl halides is 7. The van der Waals surface area contributed by atoms with E-state index in [-0.39, 0.29) is 23.5 Å². The Morgan fingerprint density at radius 2 is 1.59 bits per heavy atom. The Labute approximate surface area is 196 Å². The molecule has 0 spiro atoms. The van der Waals surface area contributed by atoms with Crippen LogP contribution in [-0.4, -0.2) is 17.3 Å². The van der Waals surface area contributed by atoms with Crippen molar-refractivity contribution in [1.82, 2.24) is 0 Å². The molecule has 9 heteroatoms. The summed E-state index contributed by atoms with van der Waals surface area (Å²) in [6.07, 6.45) is -9.92. The molecule has 2 aromatic carbocycles. The highest BCUT2D eigenvalue weighted by Crippen LogP contribution is 2.42. The normalized spacial score (nSPS) is 23.2. The van der Waals surface area contributed by atoms with E-state index in [2.05, 4.69) is 22.6 Å². The van der Waals surface area contributed by atoms with Crippen LogP contribution in [0.4, 0.5) is 26.3 Å². The van der Waals surface area contributed by atoms with E-state index in [0.29, 0.717) is 18.7 Å². The number of halogens is 7. The van der Waals surface area contributed by atoms with Gasteiger partial charge in [0, 0.05) is 5.92 Å². The van der Waals surface area contributed by atoms with Gasteiger partial charge in [0.1, 0.15) is 0 Å². The Kier molecular flexibility index (Phi) is 8.14. The number of rotatable bonds is 6. The smallest absolute Gasteiger partial charge is 0.352 e. The van der Waals surface area contributed by atoms with Crippen molar-refractivity contribution >= 4 is 22.6 Å². The zero-order valence-electron chi connectivity index (χ0n) is 17.2. The van der Waals surface area contributed by atoms with Gasteiger partial charge in [-0.1, -0.05) is 52.9 Å². The van der Waals surface area contributed by atoms with Crippen molar-refractivity contribution in [3.8, 4) is 0 Å². The Balaban J connectivity index is 1.93. The first-order chi connectivity index (χ1) is 15.0. The van der Waals surface area contributed by atoms with Crippen LogP contribution in [0.1, 0.15) is 54.0 Å². The maximum Gasteiger partial charge on any atom is 0.416 e. The number of hydrogen-bond acceptors (Lipinski definition) is 2. The minimum Gasteiger partial charge on any atom is -0.352 e. The van der Waals surface area contributed by atoms with Crippen LogP contribution in [0.15, 0.2) is 48.5 Å². The Hall–Kier alpha value is -1.33. The van der Waals surface area contributed by atoms with Crippen molar-refractivity contribution in [2.75, 3.05) is 11.0 Å². The molecule has 1 saturated heterocycles. The zero-order valence-corrected chi connectivity index (χ0v) is 19.4. The van der Waals surface area contributed by atoms with Gasteiger partial charge in [0.05, 0.1) is 23.8 Å². The molecule has 2 nitrogen and oxygen atoms in total. The van der Waals surface area contributed by atoms with Gasteiger partial charge in [-0.3, -0.25) is 0 Å². The first kappa shape index (κ1) is 25.3. The summed E-state index contributed by atoms with van der Waals surface area (Å²) in [5.74, 6) is 0.0579. The van der Waals surface area contributed by atoms with Gasteiger partial charge in [0.2, 0.25) is 0 Å². The third kappa shape index (κ3) is 6.17. The summed E-state index contributed by atoms with van der Waals surface area (Å²) in [4.78, 5) is 0. The molecule has 176 valence electrons. The molecule has 2 aromatic rings. The summed E-state index contributed by atoms with van der Waals surface area (Å²) in [5, 5.41) is 0. The second kappa shape index (κ2) is 10.3. The lowest BCUT2D eigenvalue weighted by atomic mass is 9.80. The molecule has 0 aromatic heterocycles. The lowest BCUT2D eigenvalue weighted by molar-refractivity contribution is -0.209. The lowest BCUT2D eigenvalue weighted by Gasteiger charge is -2.39. The third-order valence-electron chi connectivity index (χ3n) is 5.65. The molecule has 1 unspecified atom stereocenters. The van der Waals surface area contributed by atoms with E-state index < -0.39 is 35.9 Å². The van der Waals surface area contributed by atoms with E-state index in [1.807, 2.05) is 30.3 Å². The number of hydrogen-bond donors (Lipinski definition) is 0. The topological polar surface area (TPSA) is 18.5 Å². The highest BCUT2D eigenvalue weighted by atomic mass is 127. The summed E-state index contributed by atoms with van der Waals surface area (Å²) in [5.41, 5.74) is -1.94. The van der Waals surface area contributed by atoms with Gasteiger partial charge in [0.25, 0.3) is 0 Å². The van der Waals surface area contributed by atoms with Crippen LogP contribution < -0.4 is 0 Å². The molecular formula is C23H23F6IO2. The Morgan fingerprint density at radius 1 is 1.00 bits per heavy atom. The molecule has 0 N–H and O–H groups in total. The molecule has 0 bridgehead atoms. The second-order valence-electron chi connectivity index (χ2n) is 7.82. The summed E-state index contributed by atoms with van der Waals surface area (Å²) in [6.45, 7) is 1.86. The number of ether oxygens (including phenoxy) is 2. The highest BCUT2D eigenvalue weighted by molar-refractivity contribution is 14.1. The SMILES string of the molecule is CC(O[C@H]1OCC[C@H](CCI)[C@H]1c1ccccc1)c1cc(C(F)(F)F)cc(C(F)(F)F)c1. The van der Waals surface area contributed by atoms with Crippen molar-refractivity contribution < 1.29 is 35.8 Å². The average Bonchev–Trinajstić information content (AvgIpc) is 2.73. The maximum absolute atomic E-state index is 13.2. The van der Waals surface area contributed by atoms with E-state index in [1.165, 1.54) is 6.92 Å². The zero-order chi connectivity index (χ0) is 23.5. The largest absolute Gasteiger partial charge is 0.416 e. The number of benzene rings is 2. The maximum atomic E-state index is 13.2. The van der Waals surface area contributed by atoms with Gasteiger partial charge >= 0.3 is 12.4 Å². The van der Waals surface area contributed by atoms with Crippen LogP contribution in [0, 0.1) is 5.92 Å². The van der Waals surface area contributed by atoms with Gasteiger partial charge < -0.3 is 9.47 Å². The van der Waals surface area contributed by atoms with Crippen LogP contribution in [0.5, 0.6) is 0 Å². The van der Waals surface area contributed by atoms with Crippen molar-refractivity contribution in [2.45, 2.75) is 50.4 Å². The van der Waals surface area contributed by atoms with Crippen molar-refractivity contribution in [3.63, 3.8) is 0 Å². The molecule has 0 radical (unpaired) electrons. The summed E-state index contributed by atoms with van der Waals surface area (Å²) in [6, 6.07) is 11.1. The molecule has 0 saturated carbocycles.